The molecule has 1 atom stereocenters. The minimum atomic E-state index is -0.177. The second-order valence-corrected chi connectivity index (χ2v) is 5.28. The summed E-state index contributed by atoms with van der Waals surface area (Å²) in [7, 11) is 0. The quantitative estimate of drug-likeness (QED) is 0.516. The Kier molecular flexibility index (Phi) is 3.95. The predicted molar refractivity (Wildman–Crippen MR) is 61.5 cm³/mol. The summed E-state index contributed by atoms with van der Waals surface area (Å²) in [5.41, 5.74) is 1.54. The van der Waals surface area contributed by atoms with Gasteiger partial charge in [-0.3, -0.25) is 0 Å². The number of hydrogen-bond donors (Lipinski definition) is 0. The van der Waals surface area contributed by atoms with E-state index in [0.29, 0.717) is 12.5 Å². The van der Waals surface area contributed by atoms with Gasteiger partial charge in [0.05, 0.1) is 6.61 Å². The maximum atomic E-state index is 11.4. The van der Waals surface area contributed by atoms with E-state index in [1.54, 1.807) is 6.08 Å². The summed E-state index contributed by atoms with van der Waals surface area (Å²) in [4.78, 5) is 11.4. The Balaban J connectivity index is 2.72. The third kappa shape index (κ3) is 3.37. The van der Waals surface area contributed by atoms with Gasteiger partial charge in [-0.1, -0.05) is 26.3 Å². The summed E-state index contributed by atoms with van der Waals surface area (Å²) >= 11 is 0. The number of hydrogen-bond acceptors (Lipinski definition) is 2. The molecule has 0 bridgehead atoms. The topological polar surface area (TPSA) is 26.3 Å². The van der Waals surface area contributed by atoms with Crippen LogP contribution in [0.1, 0.15) is 47.0 Å². The second kappa shape index (κ2) is 4.82. The van der Waals surface area contributed by atoms with Crippen molar-refractivity contribution >= 4 is 5.97 Å². The van der Waals surface area contributed by atoms with E-state index in [4.69, 9.17) is 4.74 Å². The highest BCUT2D eigenvalue weighted by Gasteiger charge is 2.31. The monoisotopic (exact) mass is 210 g/mol. The molecule has 0 N–H and O–H groups in total. The Morgan fingerprint density at radius 2 is 2.20 bits per heavy atom. The molecular formula is C13H22O2. The van der Waals surface area contributed by atoms with E-state index in [1.165, 1.54) is 18.4 Å². The summed E-state index contributed by atoms with van der Waals surface area (Å²) in [5, 5.41) is 0. The molecule has 1 fully saturated rings. The van der Waals surface area contributed by atoms with Crippen LogP contribution in [0.15, 0.2) is 11.6 Å². The Labute approximate surface area is 92.7 Å². The lowest BCUT2D eigenvalue weighted by molar-refractivity contribution is -0.137. The van der Waals surface area contributed by atoms with Crippen molar-refractivity contribution in [1.82, 2.24) is 0 Å². The highest BCUT2D eigenvalue weighted by molar-refractivity contribution is 5.83. The molecule has 0 aliphatic heterocycles. The fourth-order valence-corrected chi connectivity index (χ4v) is 2.37. The zero-order chi connectivity index (χ0) is 11.5. The highest BCUT2D eigenvalue weighted by atomic mass is 16.5. The van der Waals surface area contributed by atoms with Gasteiger partial charge in [-0.15, -0.1) is 0 Å². The molecule has 2 nitrogen and oxygen atoms in total. The highest BCUT2D eigenvalue weighted by Crippen LogP contribution is 2.42. The Morgan fingerprint density at radius 3 is 2.73 bits per heavy atom. The Bertz CT molecular complexity index is 258. The second-order valence-electron chi connectivity index (χ2n) is 5.28. The molecular weight excluding hydrogens is 188 g/mol. The number of rotatable bonds is 2. The largest absolute Gasteiger partial charge is 0.463 e. The predicted octanol–water partition coefficient (Wildman–Crippen LogP) is 3.32. The Morgan fingerprint density at radius 1 is 1.53 bits per heavy atom. The molecule has 1 rings (SSSR count). The smallest absolute Gasteiger partial charge is 0.330 e. The van der Waals surface area contributed by atoms with Crippen LogP contribution in [-0.4, -0.2) is 12.6 Å². The summed E-state index contributed by atoms with van der Waals surface area (Å²) in [6, 6.07) is 0. The summed E-state index contributed by atoms with van der Waals surface area (Å²) < 4.78 is 4.95. The van der Waals surface area contributed by atoms with Crippen LogP contribution in [0.3, 0.4) is 0 Å². The van der Waals surface area contributed by atoms with E-state index in [0.717, 1.165) is 6.42 Å². The molecule has 0 aromatic heterocycles. The first-order valence-corrected chi connectivity index (χ1v) is 5.82. The van der Waals surface area contributed by atoms with Crippen LogP contribution >= 0.6 is 0 Å². The fourth-order valence-electron chi connectivity index (χ4n) is 2.37. The van der Waals surface area contributed by atoms with E-state index in [9.17, 15) is 4.79 Å². The molecule has 0 heterocycles. The van der Waals surface area contributed by atoms with Gasteiger partial charge in [0, 0.05) is 6.08 Å². The molecule has 86 valence electrons. The third-order valence-corrected chi connectivity index (χ3v) is 3.04. The first-order chi connectivity index (χ1) is 6.95. The van der Waals surface area contributed by atoms with Gasteiger partial charge in [-0.2, -0.15) is 0 Å². The van der Waals surface area contributed by atoms with Gasteiger partial charge in [0.25, 0.3) is 0 Å². The normalized spacial score (nSPS) is 24.5. The summed E-state index contributed by atoms with van der Waals surface area (Å²) in [6.07, 6.45) is 5.18. The van der Waals surface area contributed by atoms with Crippen molar-refractivity contribution in [3.05, 3.63) is 11.6 Å². The number of carbonyl (C=O) groups is 1. The van der Waals surface area contributed by atoms with Crippen molar-refractivity contribution in [3.8, 4) is 0 Å². The van der Waals surface area contributed by atoms with Crippen molar-refractivity contribution in [3.63, 3.8) is 0 Å². The van der Waals surface area contributed by atoms with E-state index in [1.807, 2.05) is 6.92 Å². The van der Waals surface area contributed by atoms with Gasteiger partial charge in [0.1, 0.15) is 0 Å². The maximum absolute atomic E-state index is 11.4. The van der Waals surface area contributed by atoms with Gasteiger partial charge in [0.2, 0.25) is 0 Å². The standard InChI is InChI=1S/C13H22O2/c1-5-15-12(14)9-10-7-6-8-11(10)13(2,3)4/h9,11H,5-8H2,1-4H3/b10-9-. The molecule has 0 saturated heterocycles. The van der Waals surface area contributed by atoms with E-state index in [2.05, 4.69) is 20.8 Å². The van der Waals surface area contributed by atoms with Crippen LogP contribution in [0.25, 0.3) is 0 Å². The van der Waals surface area contributed by atoms with Crippen molar-refractivity contribution < 1.29 is 9.53 Å². The molecule has 0 aromatic rings. The van der Waals surface area contributed by atoms with E-state index >= 15 is 0 Å². The fraction of sp³-hybridized carbons (Fsp3) is 0.769. The van der Waals surface area contributed by atoms with Crippen molar-refractivity contribution in [2.75, 3.05) is 6.61 Å². The zero-order valence-corrected chi connectivity index (χ0v) is 10.3. The Hall–Kier alpha value is -0.790. The molecule has 1 aliphatic carbocycles. The minimum absolute atomic E-state index is 0.177. The zero-order valence-electron chi connectivity index (χ0n) is 10.3. The molecule has 1 unspecified atom stereocenters. The first kappa shape index (κ1) is 12.3. The lowest BCUT2D eigenvalue weighted by Gasteiger charge is -2.28. The molecule has 1 saturated carbocycles. The summed E-state index contributed by atoms with van der Waals surface area (Å²) in [6.45, 7) is 9.01. The molecule has 1 aliphatic rings. The van der Waals surface area contributed by atoms with Gasteiger partial charge < -0.3 is 4.74 Å². The number of carbonyl (C=O) groups excluding carboxylic acids is 1. The summed E-state index contributed by atoms with van der Waals surface area (Å²) in [5.74, 6) is 0.366. The lowest BCUT2D eigenvalue weighted by atomic mass is 9.77. The molecule has 0 aromatic carbocycles. The molecule has 15 heavy (non-hydrogen) atoms. The van der Waals surface area contributed by atoms with Crippen molar-refractivity contribution in [2.45, 2.75) is 47.0 Å². The van der Waals surface area contributed by atoms with Crippen LogP contribution in [0.5, 0.6) is 0 Å². The number of allylic oxidation sites excluding steroid dienone is 1. The third-order valence-electron chi connectivity index (χ3n) is 3.04. The average molecular weight is 210 g/mol. The van der Waals surface area contributed by atoms with Gasteiger partial charge in [-0.25, -0.2) is 4.79 Å². The first-order valence-electron chi connectivity index (χ1n) is 5.82. The number of esters is 1. The molecule has 0 spiro atoms. The molecule has 0 radical (unpaired) electrons. The molecule has 0 amide bonds. The SMILES string of the molecule is CCOC(=O)/C=C1/CCCC1C(C)(C)C. The van der Waals surface area contributed by atoms with Crippen molar-refractivity contribution in [2.24, 2.45) is 11.3 Å². The van der Waals surface area contributed by atoms with Crippen LogP contribution in [0.2, 0.25) is 0 Å². The van der Waals surface area contributed by atoms with E-state index in [-0.39, 0.29) is 11.4 Å². The van der Waals surface area contributed by atoms with Crippen LogP contribution in [0, 0.1) is 11.3 Å². The van der Waals surface area contributed by atoms with Crippen molar-refractivity contribution in [1.29, 1.82) is 0 Å². The van der Waals surface area contributed by atoms with Gasteiger partial charge in [0.15, 0.2) is 0 Å². The van der Waals surface area contributed by atoms with Gasteiger partial charge in [-0.05, 0) is 37.5 Å². The average Bonchev–Trinajstić information content (AvgIpc) is 2.51. The van der Waals surface area contributed by atoms with Gasteiger partial charge >= 0.3 is 5.97 Å². The number of ether oxygens (including phenoxy) is 1. The van der Waals surface area contributed by atoms with E-state index < -0.39 is 0 Å². The molecule has 2 heteroatoms. The maximum Gasteiger partial charge on any atom is 0.330 e. The minimum Gasteiger partial charge on any atom is -0.463 e. The van der Waals surface area contributed by atoms with Crippen LogP contribution < -0.4 is 0 Å². The van der Waals surface area contributed by atoms with Crippen LogP contribution in [0.4, 0.5) is 0 Å². The lowest BCUT2D eigenvalue weighted by Crippen LogP contribution is -2.19. The van der Waals surface area contributed by atoms with Crippen LogP contribution in [-0.2, 0) is 9.53 Å².